The van der Waals surface area contributed by atoms with Gasteiger partial charge in [-0.15, -0.1) is 0 Å². The monoisotopic (exact) mass is 334 g/mol. The second-order valence-electron chi connectivity index (χ2n) is 5.48. The summed E-state index contributed by atoms with van der Waals surface area (Å²) in [6, 6.07) is 12.6. The number of imidazole rings is 1. The quantitative estimate of drug-likeness (QED) is 0.587. The van der Waals surface area contributed by atoms with Crippen molar-refractivity contribution in [1.29, 1.82) is 0 Å². The first kappa shape index (κ1) is 15.1. The molecule has 0 amide bonds. The number of rotatable bonds is 5. The lowest BCUT2D eigenvalue weighted by atomic mass is 10.2. The molecule has 0 spiro atoms. The number of aromatic amines is 1. The second-order valence-corrected chi connectivity index (χ2v) is 5.48. The first-order valence-corrected chi connectivity index (χ1v) is 7.77. The molecule has 1 aromatic carbocycles. The third-order valence-corrected chi connectivity index (χ3v) is 3.77. The van der Waals surface area contributed by atoms with Gasteiger partial charge in [0.2, 0.25) is 0 Å². The molecule has 124 valence electrons. The highest BCUT2D eigenvalue weighted by atomic mass is 19.1. The van der Waals surface area contributed by atoms with Gasteiger partial charge in [-0.25, -0.2) is 9.37 Å². The number of anilines is 1. The number of pyridine rings is 1. The number of nitrogens with one attached hydrogen (secondary N) is 2. The van der Waals surface area contributed by atoms with Gasteiger partial charge >= 0.3 is 0 Å². The first-order chi connectivity index (χ1) is 12.3. The number of H-pyrrole nitrogens is 1. The third kappa shape index (κ3) is 3.25. The lowest BCUT2D eigenvalue weighted by Gasteiger charge is -2.08. The van der Waals surface area contributed by atoms with Crippen molar-refractivity contribution >= 4 is 5.69 Å². The Morgan fingerprint density at radius 2 is 2.04 bits per heavy atom. The van der Waals surface area contributed by atoms with Gasteiger partial charge in [0.1, 0.15) is 11.5 Å². The fraction of sp³-hybridized carbons (Fsp3) is 0.0556. The maximum atomic E-state index is 14.2. The topological polar surface area (TPSA) is 71.4 Å². The molecule has 0 aliphatic carbocycles. The molecule has 0 aliphatic rings. The van der Waals surface area contributed by atoms with Crippen molar-refractivity contribution in [3.05, 3.63) is 78.9 Å². The summed E-state index contributed by atoms with van der Waals surface area (Å²) in [7, 11) is 0. The van der Waals surface area contributed by atoms with E-state index in [1.165, 1.54) is 6.07 Å². The predicted molar refractivity (Wildman–Crippen MR) is 92.7 cm³/mol. The molecule has 0 bridgehead atoms. The Kier molecular flexibility index (Phi) is 3.96. The highest BCUT2D eigenvalue weighted by molar-refractivity contribution is 5.54. The van der Waals surface area contributed by atoms with E-state index in [4.69, 9.17) is 0 Å². The molecule has 0 fully saturated rings. The van der Waals surface area contributed by atoms with Crippen LogP contribution in [0.25, 0.3) is 17.1 Å². The maximum absolute atomic E-state index is 14.2. The maximum Gasteiger partial charge on any atom is 0.149 e. The Labute approximate surface area is 143 Å². The summed E-state index contributed by atoms with van der Waals surface area (Å²) in [5.74, 6) is -0.318. The molecule has 3 heterocycles. The molecular weight excluding hydrogens is 319 g/mol. The summed E-state index contributed by atoms with van der Waals surface area (Å²) in [5.41, 5.74) is 3.62. The van der Waals surface area contributed by atoms with Gasteiger partial charge in [0.25, 0.3) is 0 Å². The Bertz CT molecular complexity index is 962. The van der Waals surface area contributed by atoms with E-state index in [0.29, 0.717) is 17.9 Å². The van der Waals surface area contributed by atoms with E-state index in [2.05, 4.69) is 25.5 Å². The van der Waals surface area contributed by atoms with Crippen LogP contribution in [0.15, 0.2) is 67.4 Å². The van der Waals surface area contributed by atoms with Crippen molar-refractivity contribution in [3.63, 3.8) is 0 Å². The van der Waals surface area contributed by atoms with Crippen LogP contribution in [0.5, 0.6) is 0 Å². The van der Waals surface area contributed by atoms with Gasteiger partial charge in [-0.05, 0) is 36.4 Å². The number of aromatic nitrogens is 5. The average Bonchev–Trinajstić information content (AvgIpc) is 3.33. The number of hydrogen-bond donors (Lipinski definition) is 2. The fourth-order valence-corrected chi connectivity index (χ4v) is 2.52. The van der Waals surface area contributed by atoms with Gasteiger partial charge in [0, 0.05) is 24.3 Å². The molecule has 0 unspecified atom stereocenters. The summed E-state index contributed by atoms with van der Waals surface area (Å²) >= 11 is 0. The molecule has 6 nitrogen and oxygen atoms in total. The fourth-order valence-electron chi connectivity index (χ4n) is 2.52. The molecule has 0 radical (unpaired) electrons. The van der Waals surface area contributed by atoms with E-state index in [1.807, 2.05) is 30.3 Å². The van der Waals surface area contributed by atoms with E-state index in [0.717, 1.165) is 17.1 Å². The zero-order valence-corrected chi connectivity index (χ0v) is 13.2. The van der Waals surface area contributed by atoms with E-state index in [-0.39, 0.29) is 5.82 Å². The van der Waals surface area contributed by atoms with E-state index >= 15 is 0 Å². The average molecular weight is 334 g/mol. The van der Waals surface area contributed by atoms with Crippen LogP contribution in [0.1, 0.15) is 5.69 Å². The standard InChI is InChI=1S/C18H15FN6/c19-15-9-13(4-5-18(15)25-8-7-20-12-25)22-11-14-10-17(24-23-14)16-3-1-2-6-21-16/h1-10,12,22H,11H2,(H,23,24). The van der Waals surface area contributed by atoms with Gasteiger partial charge in [-0.1, -0.05) is 6.07 Å². The van der Waals surface area contributed by atoms with Crippen LogP contribution < -0.4 is 5.32 Å². The third-order valence-electron chi connectivity index (χ3n) is 3.77. The zero-order chi connectivity index (χ0) is 17.1. The largest absolute Gasteiger partial charge is 0.379 e. The summed E-state index contributed by atoms with van der Waals surface area (Å²) in [4.78, 5) is 8.20. The lowest BCUT2D eigenvalue weighted by molar-refractivity contribution is 0.618. The van der Waals surface area contributed by atoms with Crippen LogP contribution in [0, 0.1) is 5.82 Å². The normalized spacial score (nSPS) is 10.8. The first-order valence-electron chi connectivity index (χ1n) is 7.77. The highest BCUT2D eigenvalue weighted by Gasteiger charge is 2.07. The van der Waals surface area contributed by atoms with Gasteiger partial charge in [-0.3, -0.25) is 10.1 Å². The molecule has 0 saturated carbocycles. The number of nitrogens with zero attached hydrogens (tertiary/aromatic N) is 4. The van der Waals surface area contributed by atoms with Crippen LogP contribution in [0.4, 0.5) is 10.1 Å². The molecule has 0 saturated heterocycles. The van der Waals surface area contributed by atoms with Gasteiger partial charge in [-0.2, -0.15) is 5.10 Å². The molecule has 0 aliphatic heterocycles. The minimum absolute atomic E-state index is 0.318. The summed E-state index contributed by atoms with van der Waals surface area (Å²) in [6.45, 7) is 0.504. The Hall–Kier alpha value is -3.48. The van der Waals surface area contributed by atoms with Crippen molar-refractivity contribution in [3.8, 4) is 17.1 Å². The zero-order valence-electron chi connectivity index (χ0n) is 13.2. The Balaban J connectivity index is 1.45. The smallest absolute Gasteiger partial charge is 0.149 e. The van der Waals surface area contributed by atoms with E-state index in [9.17, 15) is 4.39 Å². The summed E-state index contributed by atoms with van der Waals surface area (Å²) in [5, 5.41) is 10.4. The lowest BCUT2D eigenvalue weighted by Crippen LogP contribution is -2.02. The summed E-state index contributed by atoms with van der Waals surface area (Å²) in [6.07, 6.45) is 6.61. The molecule has 0 atom stereocenters. The molecule has 25 heavy (non-hydrogen) atoms. The van der Waals surface area contributed by atoms with Crippen LogP contribution in [0.2, 0.25) is 0 Å². The molecule has 4 rings (SSSR count). The van der Waals surface area contributed by atoms with Gasteiger partial charge < -0.3 is 9.88 Å². The Morgan fingerprint density at radius 3 is 2.80 bits per heavy atom. The van der Waals surface area contributed by atoms with Crippen molar-refractivity contribution in [2.24, 2.45) is 0 Å². The number of benzene rings is 1. The Morgan fingerprint density at radius 1 is 1.08 bits per heavy atom. The molecule has 4 aromatic rings. The molecular formula is C18H15FN6. The number of hydrogen-bond acceptors (Lipinski definition) is 4. The molecule has 7 heteroatoms. The second kappa shape index (κ2) is 6.56. The molecule has 2 N–H and O–H groups in total. The minimum Gasteiger partial charge on any atom is -0.379 e. The van der Waals surface area contributed by atoms with Crippen molar-refractivity contribution in [1.82, 2.24) is 24.7 Å². The SMILES string of the molecule is Fc1cc(NCc2cc(-c3ccccn3)n[nH]2)ccc1-n1ccnc1. The van der Waals surface area contributed by atoms with Crippen LogP contribution >= 0.6 is 0 Å². The van der Waals surface area contributed by atoms with Gasteiger partial charge in [0.05, 0.1) is 29.9 Å². The highest BCUT2D eigenvalue weighted by Crippen LogP contribution is 2.19. The van der Waals surface area contributed by atoms with Gasteiger partial charge in [0.15, 0.2) is 0 Å². The van der Waals surface area contributed by atoms with Crippen LogP contribution in [0.3, 0.4) is 0 Å². The van der Waals surface area contributed by atoms with Crippen molar-refractivity contribution < 1.29 is 4.39 Å². The van der Waals surface area contributed by atoms with Crippen LogP contribution in [-0.4, -0.2) is 24.7 Å². The van der Waals surface area contributed by atoms with Crippen molar-refractivity contribution in [2.75, 3.05) is 5.32 Å². The number of halogens is 1. The predicted octanol–water partition coefficient (Wildman–Crippen LogP) is 3.41. The van der Waals surface area contributed by atoms with E-state index in [1.54, 1.807) is 35.6 Å². The van der Waals surface area contributed by atoms with E-state index < -0.39 is 0 Å². The minimum atomic E-state index is -0.318. The molecule has 3 aromatic heterocycles. The van der Waals surface area contributed by atoms with Crippen molar-refractivity contribution in [2.45, 2.75) is 6.54 Å². The summed E-state index contributed by atoms with van der Waals surface area (Å²) < 4.78 is 15.9. The van der Waals surface area contributed by atoms with Crippen LogP contribution in [-0.2, 0) is 6.54 Å².